The van der Waals surface area contributed by atoms with E-state index in [9.17, 15) is 0 Å². The summed E-state index contributed by atoms with van der Waals surface area (Å²) < 4.78 is 7.22. The SMILES string of the molecule is Cc1nn(C(C)(C)C)cc1C(C)Nc1nc(C(C)C)no1. The average molecular weight is 291 g/mol. The van der Waals surface area contributed by atoms with E-state index in [0.717, 1.165) is 11.3 Å². The number of nitrogens with zero attached hydrogens (tertiary/aromatic N) is 4. The summed E-state index contributed by atoms with van der Waals surface area (Å²) in [6, 6.07) is 0.510. The summed E-state index contributed by atoms with van der Waals surface area (Å²) in [7, 11) is 0. The summed E-state index contributed by atoms with van der Waals surface area (Å²) in [5.41, 5.74) is 2.11. The molecule has 0 saturated heterocycles. The zero-order chi connectivity index (χ0) is 15.8. The Labute approximate surface area is 125 Å². The van der Waals surface area contributed by atoms with Crippen molar-refractivity contribution in [3.63, 3.8) is 0 Å². The Kier molecular flexibility index (Phi) is 4.07. The highest BCUT2D eigenvalue weighted by Crippen LogP contribution is 2.24. The molecule has 6 heteroatoms. The van der Waals surface area contributed by atoms with Gasteiger partial charge in [0.1, 0.15) is 0 Å². The molecular weight excluding hydrogens is 266 g/mol. The second kappa shape index (κ2) is 5.50. The molecule has 2 aromatic rings. The van der Waals surface area contributed by atoms with Crippen LogP contribution in [0.25, 0.3) is 0 Å². The van der Waals surface area contributed by atoms with Crippen LogP contribution in [0.3, 0.4) is 0 Å². The van der Waals surface area contributed by atoms with Gasteiger partial charge in [0.2, 0.25) is 0 Å². The number of nitrogens with one attached hydrogen (secondary N) is 1. The van der Waals surface area contributed by atoms with E-state index in [1.807, 2.05) is 25.5 Å². The number of aryl methyl sites for hydroxylation is 1. The molecule has 0 amide bonds. The van der Waals surface area contributed by atoms with Gasteiger partial charge in [-0.15, -0.1) is 0 Å². The van der Waals surface area contributed by atoms with Crippen LogP contribution in [0.2, 0.25) is 0 Å². The molecule has 21 heavy (non-hydrogen) atoms. The monoisotopic (exact) mass is 291 g/mol. The Hall–Kier alpha value is -1.85. The fraction of sp³-hybridized carbons (Fsp3) is 0.667. The van der Waals surface area contributed by atoms with Crippen molar-refractivity contribution >= 4 is 6.01 Å². The molecule has 2 heterocycles. The molecule has 1 atom stereocenters. The van der Waals surface area contributed by atoms with E-state index in [1.54, 1.807) is 0 Å². The van der Waals surface area contributed by atoms with Crippen LogP contribution in [-0.4, -0.2) is 19.9 Å². The molecule has 2 rings (SSSR count). The molecule has 2 aromatic heterocycles. The van der Waals surface area contributed by atoms with Crippen molar-refractivity contribution < 1.29 is 4.52 Å². The van der Waals surface area contributed by atoms with Crippen LogP contribution in [0, 0.1) is 6.92 Å². The fourth-order valence-corrected chi connectivity index (χ4v) is 2.03. The molecule has 0 radical (unpaired) electrons. The number of anilines is 1. The lowest BCUT2D eigenvalue weighted by Gasteiger charge is -2.19. The molecule has 0 aliphatic heterocycles. The van der Waals surface area contributed by atoms with Gasteiger partial charge in [-0.3, -0.25) is 4.68 Å². The highest BCUT2D eigenvalue weighted by Gasteiger charge is 2.20. The smallest absolute Gasteiger partial charge is 0.321 e. The van der Waals surface area contributed by atoms with Crippen LogP contribution in [0.15, 0.2) is 10.7 Å². The van der Waals surface area contributed by atoms with Crippen molar-refractivity contribution in [3.05, 3.63) is 23.3 Å². The van der Waals surface area contributed by atoms with Gasteiger partial charge in [0.05, 0.1) is 17.3 Å². The van der Waals surface area contributed by atoms with Crippen LogP contribution in [0.5, 0.6) is 0 Å². The van der Waals surface area contributed by atoms with Crippen molar-refractivity contribution in [1.29, 1.82) is 0 Å². The molecule has 0 saturated carbocycles. The van der Waals surface area contributed by atoms with Gasteiger partial charge in [-0.2, -0.15) is 10.1 Å². The molecular formula is C15H25N5O. The number of rotatable bonds is 4. The van der Waals surface area contributed by atoms with Gasteiger partial charge in [0.25, 0.3) is 0 Å². The van der Waals surface area contributed by atoms with Crippen molar-refractivity contribution in [2.24, 2.45) is 0 Å². The van der Waals surface area contributed by atoms with E-state index in [-0.39, 0.29) is 17.5 Å². The summed E-state index contributed by atoms with van der Waals surface area (Å²) in [6.07, 6.45) is 2.08. The minimum absolute atomic E-state index is 0.0297. The zero-order valence-corrected chi connectivity index (χ0v) is 13.9. The first-order valence-electron chi connectivity index (χ1n) is 7.35. The summed E-state index contributed by atoms with van der Waals surface area (Å²) in [5, 5.41) is 11.8. The lowest BCUT2D eigenvalue weighted by molar-refractivity contribution is 0.354. The Balaban J connectivity index is 2.16. The third-order valence-electron chi connectivity index (χ3n) is 3.39. The number of hydrogen-bond acceptors (Lipinski definition) is 5. The number of aromatic nitrogens is 4. The van der Waals surface area contributed by atoms with E-state index >= 15 is 0 Å². The van der Waals surface area contributed by atoms with E-state index in [1.165, 1.54) is 0 Å². The Morgan fingerprint density at radius 1 is 1.24 bits per heavy atom. The highest BCUT2D eigenvalue weighted by atomic mass is 16.5. The standard InChI is InChI=1S/C15H25N5O/c1-9(2)13-17-14(21-19-13)16-10(3)12-8-20(15(5,6)7)18-11(12)4/h8-10H,1-7H3,(H,16,17,19). The lowest BCUT2D eigenvalue weighted by Crippen LogP contribution is -2.22. The van der Waals surface area contributed by atoms with Gasteiger partial charge in [-0.05, 0) is 34.6 Å². The lowest BCUT2D eigenvalue weighted by atomic mass is 10.1. The van der Waals surface area contributed by atoms with Crippen LogP contribution in [0.1, 0.15) is 70.6 Å². The van der Waals surface area contributed by atoms with Crippen LogP contribution in [0.4, 0.5) is 6.01 Å². The average Bonchev–Trinajstić information content (AvgIpc) is 2.94. The van der Waals surface area contributed by atoms with Crippen LogP contribution >= 0.6 is 0 Å². The molecule has 0 spiro atoms. The maximum absolute atomic E-state index is 5.23. The molecule has 0 aliphatic rings. The highest BCUT2D eigenvalue weighted by molar-refractivity contribution is 5.30. The van der Waals surface area contributed by atoms with Gasteiger partial charge in [0, 0.05) is 17.7 Å². The molecule has 0 aromatic carbocycles. The Morgan fingerprint density at radius 2 is 1.90 bits per heavy atom. The summed E-state index contributed by atoms with van der Waals surface area (Å²) >= 11 is 0. The first-order valence-corrected chi connectivity index (χ1v) is 7.35. The van der Waals surface area contributed by atoms with Gasteiger partial charge in [-0.1, -0.05) is 19.0 Å². The minimum Gasteiger partial charge on any atom is -0.331 e. The van der Waals surface area contributed by atoms with Crippen molar-refractivity contribution in [2.45, 2.75) is 66.0 Å². The first kappa shape index (κ1) is 15.5. The van der Waals surface area contributed by atoms with Gasteiger partial charge >= 0.3 is 6.01 Å². The van der Waals surface area contributed by atoms with Crippen molar-refractivity contribution in [1.82, 2.24) is 19.9 Å². The third-order valence-corrected chi connectivity index (χ3v) is 3.39. The minimum atomic E-state index is -0.0297. The predicted molar refractivity (Wildman–Crippen MR) is 82.4 cm³/mol. The maximum atomic E-state index is 5.23. The largest absolute Gasteiger partial charge is 0.331 e. The molecule has 116 valence electrons. The molecule has 1 unspecified atom stereocenters. The van der Waals surface area contributed by atoms with Crippen LogP contribution in [-0.2, 0) is 5.54 Å². The second-order valence-electron chi connectivity index (χ2n) is 6.76. The Morgan fingerprint density at radius 3 is 2.38 bits per heavy atom. The Bertz CT molecular complexity index is 606. The molecule has 0 fully saturated rings. The normalized spacial score (nSPS) is 13.7. The quantitative estimate of drug-likeness (QED) is 0.931. The third kappa shape index (κ3) is 3.43. The number of hydrogen-bond donors (Lipinski definition) is 1. The first-order chi connectivity index (χ1) is 9.68. The van der Waals surface area contributed by atoms with Gasteiger partial charge in [0.15, 0.2) is 5.82 Å². The molecule has 1 N–H and O–H groups in total. The zero-order valence-electron chi connectivity index (χ0n) is 13.9. The van der Waals surface area contributed by atoms with Crippen molar-refractivity contribution in [3.8, 4) is 0 Å². The molecule has 6 nitrogen and oxygen atoms in total. The van der Waals surface area contributed by atoms with Gasteiger partial charge < -0.3 is 9.84 Å². The van der Waals surface area contributed by atoms with E-state index < -0.39 is 0 Å². The van der Waals surface area contributed by atoms with Crippen LogP contribution < -0.4 is 5.32 Å². The fourth-order valence-electron chi connectivity index (χ4n) is 2.03. The second-order valence-corrected chi connectivity index (χ2v) is 6.76. The topological polar surface area (TPSA) is 68.8 Å². The maximum Gasteiger partial charge on any atom is 0.321 e. The van der Waals surface area contributed by atoms with Crippen molar-refractivity contribution in [2.75, 3.05) is 5.32 Å². The molecule has 0 bridgehead atoms. The van der Waals surface area contributed by atoms with Gasteiger partial charge in [-0.25, -0.2) is 0 Å². The summed E-state index contributed by atoms with van der Waals surface area (Å²) in [6.45, 7) is 14.6. The van der Waals surface area contributed by atoms with E-state index in [4.69, 9.17) is 4.52 Å². The predicted octanol–water partition coefficient (Wildman–Crippen LogP) is 3.63. The van der Waals surface area contributed by atoms with E-state index in [2.05, 4.69) is 54.4 Å². The molecule has 0 aliphatic carbocycles. The summed E-state index contributed by atoms with van der Waals surface area (Å²) in [4.78, 5) is 4.34. The summed E-state index contributed by atoms with van der Waals surface area (Å²) in [5.74, 6) is 0.969. The van der Waals surface area contributed by atoms with E-state index in [0.29, 0.717) is 11.8 Å².